The van der Waals surface area contributed by atoms with Crippen LogP contribution in [0.2, 0.25) is 5.28 Å². The van der Waals surface area contributed by atoms with Crippen molar-refractivity contribution in [3.63, 3.8) is 0 Å². The van der Waals surface area contributed by atoms with E-state index in [1.165, 1.54) is 12.8 Å². The molecule has 1 aliphatic rings. The minimum atomic E-state index is 0.173. The topological polar surface area (TPSA) is 59.9 Å². The molecule has 0 radical (unpaired) electrons. The van der Waals surface area contributed by atoms with Gasteiger partial charge in [-0.3, -0.25) is 0 Å². The second-order valence-corrected chi connectivity index (χ2v) is 4.52. The van der Waals surface area contributed by atoms with Gasteiger partial charge in [0.15, 0.2) is 0 Å². The summed E-state index contributed by atoms with van der Waals surface area (Å²) in [5, 5.41) is 3.44. The van der Waals surface area contributed by atoms with Crippen LogP contribution >= 0.6 is 11.6 Å². The third-order valence-electron chi connectivity index (χ3n) is 2.71. The standard InChI is InChI=1S/C11H17ClN4O/c1-2-7-17-11-15-9(12)14-10(16-11)13-8-5-3-4-6-8/h8H,2-7H2,1H3,(H,13,14,15,16). The van der Waals surface area contributed by atoms with Gasteiger partial charge in [0, 0.05) is 6.04 Å². The van der Waals surface area contributed by atoms with Gasteiger partial charge >= 0.3 is 6.01 Å². The summed E-state index contributed by atoms with van der Waals surface area (Å²) in [5.74, 6) is 0.517. The molecule has 0 spiro atoms. The molecular formula is C11H17ClN4O. The maximum Gasteiger partial charge on any atom is 0.322 e. The minimum Gasteiger partial charge on any atom is -0.463 e. The number of anilines is 1. The van der Waals surface area contributed by atoms with E-state index in [9.17, 15) is 0 Å². The van der Waals surface area contributed by atoms with Crippen molar-refractivity contribution in [3.8, 4) is 6.01 Å². The third-order valence-corrected chi connectivity index (χ3v) is 2.88. The zero-order valence-electron chi connectivity index (χ0n) is 9.95. The van der Waals surface area contributed by atoms with Crippen LogP contribution in [0.3, 0.4) is 0 Å². The Morgan fingerprint density at radius 1 is 1.29 bits per heavy atom. The molecule has 0 unspecified atom stereocenters. The molecule has 6 heteroatoms. The molecular weight excluding hydrogens is 240 g/mol. The van der Waals surface area contributed by atoms with Crippen molar-refractivity contribution in [2.24, 2.45) is 0 Å². The van der Waals surface area contributed by atoms with Gasteiger partial charge in [0.25, 0.3) is 0 Å². The molecule has 0 atom stereocenters. The summed E-state index contributed by atoms with van der Waals surface area (Å²) in [4.78, 5) is 12.2. The van der Waals surface area contributed by atoms with Crippen LogP contribution in [0, 0.1) is 0 Å². The molecule has 1 aromatic rings. The van der Waals surface area contributed by atoms with Gasteiger partial charge in [-0.2, -0.15) is 15.0 Å². The number of aromatic nitrogens is 3. The Labute approximate surface area is 106 Å². The third kappa shape index (κ3) is 3.70. The van der Waals surface area contributed by atoms with Gasteiger partial charge in [0.2, 0.25) is 11.2 Å². The Morgan fingerprint density at radius 3 is 2.76 bits per heavy atom. The molecule has 1 heterocycles. The van der Waals surface area contributed by atoms with Crippen molar-refractivity contribution in [1.29, 1.82) is 0 Å². The maximum atomic E-state index is 5.83. The first-order valence-corrected chi connectivity index (χ1v) is 6.46. The van der Waals surface area contributed by atoms with Crippen LogP contribution in [0.15, 0.2) is 0 Å². The first kappa shape index (κ1) is 12.4. The Hall–Kier alpha value is -1.10. The van der Waals surface area contributed by atoms with E-state index < -0.39 is 0 Å². The second kappa shape index (κ2) is 6.00. The summed E-state index contributed by atoms with van der Waals surface area (Å²) >= 11 is 5.83. The fraction of sp³-hybridized carbons (Fsp3) is 0.727. The average molecular weight is 257 g/mol. The fourth-order valence-electron chi connectivity index (χ4n) is 1.91. The largest absolute Gasteiger partial charge is 0.463 e. The van der Waals surface area contributed by atoms with Crippen molar-refractivity contribution >= 4 is 17.5 Å². The number of rotatable bonds is 5. The maximum absolute atomic E-state index is 5.83. The monoisotopic (exact) mass is 256 g/mol. The number of nitrogens with zero attached hydrogens (tertiary/aromatic N) is 3. The molecule has 1 fully saturated rings. The fourth-order valence-corrected chi connectivity index (χ4v) is 2.06. The van der Waals surface area contributed by atoms with Crippen LogP contribution in [-0.2, 0) is 0 Å². The van der Waals surface area contributed by atoms with Gasteiger partial charge in [-0.15, -0.1) is 0 Å². The Morgan fingerprint density at radius 2 is 2.06 bits per heavy atom. The minimum absolute atomic E-state index is 0.173. The summed E-state index contributed by atoms with van der Waals surface area (Å²) < 4.78 is 5.35. The van der Waals surface area contributed by atoms with E-state index in [0.29, 0.717) is 24.6 Å². The molecule has 0 bridgehead atoms. The van der Waals surface area contributed by atoms with Crippen LogP contribution in [0.4, 0.5) is 5.95 Å². The normalized spacial score (nSPS) is 16.1. The van der Waals surface area contributed by atoms with E-state index in [2.05, 4.69) is 20.3 Å². The predicted molar refractivity (Wildman–Crippen MR) is 66.5 cm³/mol. The van der Waals surface area contributed by atoms with Crippen molar-refractivity contribution in [2.45, 2.75) is 45.1 Å². The zero-order valence-corrected chi connectivity index (χ0v) is 10.7. The molecule has 1 aliphatic carbocycles. The molecule has 0 aliphatic heterocycles. The zero-order chi connectivity index (χ0) is 12.1. The van der Waals surface area contributed by atoms with Crippen LogP contribution in [0.25, 0.3) is 0 Å². The summed E-state index contributed by atoms with van der Waals surface area (Å²) in [6.45, 7) is 2.61. The Balaban J connectivity index is 2.02. The Bertz CT molecular complexity index is 368. The predicted octanol–water partition coefficient (Wildman–Crippen LogP) is 2.67. The highest BCUT2D eigenvalue weighted by molar-refractivity contribution is 6.28. The van der Waals surface area contributed by atoms with Crippen molar-refractivity contribution < 1.29 is 4.74 Å². The number of halogens is 1. The first-order chi connectivity index (χ1) is 8.28. The molecule has 1 aromatic heterocycles. The second-order valence-electron chi connectivity index (χ2n) is 4.18. The number of hydrogen-bond acceptors (Lipinski definition) is 5. The lowest BCUT2D eigenvalue weighted by molar-refractivity contribution is 0.291. The van der Waals surface area contributed by atoms with Crippen LogP contribution in [0.1, 0.15) is 39.0 Å². The smallest absolute Gasteiger partial charge is 0.322 e. The lowest BCUT2D eigenvalue weighted by atomic mass is 10.3. The van der Waals surface area contributed by atoms with Gasteiger partial charge in [-0.1, -0.05) is 19.8 Å². The van der Waals surface area contributed by atoms with Crippen molar-refractivity contribution in [2.75, 3.05) is 11.9 Å². The first-order valence-electron chi connectivity index (χ1n) is 6.09. The molecule has 0 amide bonds. The average Bonchev–Trinajstić information content (AvgIpc) is 2.78. The van der Waals surface area contributed by atoms with E-state index in [4.69, 9.17) is 16.3 Å². The number of ether oxygens (including phenoxy) is 1. The van der Waals surface area contributed by atoms with E-state index in [1.807, 2.05) is 6.92 Å². The molecule has 1 saturated carbocycles. The van der Waals surface area contributed by atoms with Gasteiger partial charge < -0.3 is 10.1 Å². The SMILES string of the molecule is CCCOc1nc(Cl)nc(NC2CCCC2)n1. The molecule has 17 heavy (non-hydrogen) atoms. The molecule has 0 aromatic carbocycles. The summed E-state index contributed by atoms with van der Waals surface area (Å²) in [6.07, 6.45) is 5.75. The van der Waals surface area contributed by atoms with Gasteiger partial charge in [-0.05, 0) is 30.9 Å². The molecule has 5 nitrogen and oxygen atoms in total. The van der Waals surface area contributed by atoms with Gasteiger partial charge in [0.05, 0.1) is 6.61 Å². The lowest BCUT2D eigenvalue weighted by Gasteiger charge is -2.12. The quantitative estimate of drug-likeness (QED) is 0.878. The number of nitrogens with one attached hydrogen (secondary N) is 1. The molecule has 1 N–H and O–H groups in total. The highest BCUT2D eigenvalue weighted by Gasteiger charge is 2.16. The van der Waals surface area contributed by atoms with E-state index >= 15 is 0 Å². The van der Waals surface area contributed by atoms with Crippen molar-refractivity contribution in [3.05, 3.63) is 5.28 Å². The summed E-state index contributed by atoms with van der Waals surface area (Å²) in [7, 11) is 0. The lowest BCUT2D eigenvalue weighted by Crippen LogP contribution is -2.17. The summed E-state index contributed by atoms with van der Waals surface area (Å²) in [5.41, 5.74) is 0. The molecule has 0 saturated heterocycles. The van der Waals surface area contributed by atoms with E-state index in [0.717, 1.165) is 19.3 Å². The highest BCUT2D eigenvalue weighted by atomic mass is 35.5. The molecule has 94 valence electrons. The van der Waals surface area contributed by atoms with Crippen LogP contribution in [-0.4, -0.2) is 27.6 Å². The van der Waals surface area contributed by atoms with E-state index in [-0.39, 0.29) is 5.28 Å². The van der Waals surface area contributed by atoms with Gasteiger partial charge in [-0.25, -0.2) is 0 Å². The Kier molecular flexibility index (Phi) is 4.36. The van der Waals surface area contributed by atoms with Gasteiger partial charge in [0.1, 0.15) is 0 Å². The number of hydrogen-bond donors (Lipinski definition) is 1. The van der Waals surface area contributed by atoms with Crippen LogP contribution in [0.5, 0.6) is 6.01 Å². The molecule has 2 rings (SSSR count). The van der Waals surface area contributed by atoms with Crippen molar-refractivity contribution in [1.82, 2.24) is 15.0 Å². The van der Waals surface area contributed by atoms with Crippen LogP contribution < -0.4 is 10.1 Å². The highest BCUT2D eigenvalue weighted by Crippen LogP contribution is 2.21. The van der Waals surface area contributed by atoms with E-state index in [1.54, 1.807) is 0 Å². The summed E-state index contributed by atoms with van der Waals surface area (Å²) in [6, 6.07) is 0.750.